The van der Waals surface area contributed by atoms with Gasteiger partial charge >= 0.3 is 6.18 Å². The third-order valence-electron chi connectivity index (χ3n) is 2.15. The van der Waals surface area contributed by atoms with Crippen LogP contribution >= 0.6 is 15.9 Å². The second kappa shape index (κ2) is 5.16. The van der Waals surface area contributed by atoms with Gasteiger partial charge in [-0.1, -0.05) is 28.1 Å². The minimum absolute atomic E-state index is 0.419. The molecule has 0 fully saturated rings. The summed E-state index contributed by atoms with van der Waals surface area (Å²) in [5, 5.41) is 9.55. The molecular formula is C10H11BrF3NO. The van der Waals surface area contributed by atoms with E-state index in [4.69, 9.17) is 5.73 Å². The van der Waals surface area contributed by atoms with E-state index in [0.29, 0.717) is 5.56 Å². The Labute approximate surface area is 99.4 Å². The van der Waals surface area contributed by atoms with E-state index >= 15 is 0 Å². The van der Waals surface area contributed by atoms with E-state index in [0.717, 1.165) is 4.47 Å². The Morgan fingerprint density at radius 2 is 1.75 bits per heavy atom. The van der Waals surface area contributed by atoms with Gasteiger partial charge in [-0.2, -0.15) is 13.2 Å². The van der Waals surface area contributed by atoms with Gasteiger partial charge in [0.05, 0.1) is 6.10 Å². The van der Waals surface area contributed by atoms with Crippen LogP contribution in [-0.2, 0) is 0 Å². The average molecular weight is 298 g/mol. The molecule has 0 unspecified atom stereocenters. The van der Waals surface area contributed by atoms with Crippen LogP contribution in [0.5, 0.6) is 0 Å². The molecule has 1 aromatic carbocycles. The molecule has 16 heavy (non-hydrogen) atoms. The number of nitrogens with two attached hydrogens (primary N) is 1. The zero-order chi connectivity index (χ0) is 12.3. The second-order valence-electron chi connectivity index (χ2n) is 3.45. The minimum atomic E-state index is -4.48. The molecule has 0 aliphatic rings. The first kappa shape index (κ1) is 13.5. The zero-order valence-electron chi connectivity index (χ0n) is 8.21. The van der Waals surface area contributed by atoms with Crippen molar-refractivity contribution in [3.8, 4) is 0 Å². The normalized spacial score (nSPS) is 15.9. The van der Waals surface area contributed by atoms with Crippen molar-refractivity contribution in [1.82, 2.24) is 0 Å². The van der Waals surface area contributed by atoms with Crippen LogP contribution in [-0.4, -0.2) is 17.3 Å². The third kappa shape index (κ3) is 3.77. The van der Waals surface area contributed by atoms with Crippen molar-refractivity contribution >= 4 is 15.9 Å². The lowest BCUT2D eigenvalue weighted by Gasteiger charge is -2.19. The molecule has 0 aromatic heterocycles. The van der Waals surface area contributed by atoms with E-state index in [1.54, 1.807) is 24.3 Å². The molecule has 0 bridgehead atoms. The van der Waals surface area contributed by atoms with E-state index in [1.807, 2.05) is 0 Å². The highest BCUT2D eigenvalue weighted by molar-refractivity contribution is 9.10. The maximum absolute atomic E-state index is 12.1. The van der Waals surface area contributed by atoms with E-state index in [1.165, 1.54) is 0 Å². The maximum Gasteiger partial charge on any atom is 0.403 e. The largest absolute Gasteiger partial charge is 0.403 e. The summed E-state index contributed by atoms with van der Waals surface area (Å²) >= 11 is 3.19. The first-order valence-electron chi connectivity index (χ1n) is 4.56. The Bertz CT molecular complexity index is 339. The van der Waals surface area contributed by atoms with Gasteiger partial charge in [-0.05, 0) is 17.7 Å². The summed E-state index contributed by atoms with van der Waals surface area (Å²) in [5.41, 5.74) is 5.34. The van der Waals surface area contributed by atoms with E-state index in [9.17, 15) is 18.3 Å². The highest BCUT2D eigenvalue weighted by Gasteiger charge is 2.37. The molecule has 90 valence electrons. The van der Waals surface area contributed by atoms with Crippen molar-refractivity contribution in [3.05, 3.63) is 34.3 Å². The van der Waals surface area contributed by atoms with E-state index < -0.39 is 24.7 Å². The molecule has 0 amide bonds. The maximum atomic E-state index is 12.1. The number of aliphatic hydroxyl groups is 1. The molecule has 0 radical (unpaired) electrons. The first-order chi connectivity index (χ1) is 7.30. The number of alkyl halides is 3. The van der Waals surface area contributed by atoms with E-state index in [-0.39, 0.29) is 0 Å². The number of halogens is 4. The monoisotopic (exact) mass is 297 g/mol. The van der Waals surface area contributed by atoms with Crippen molar-refractivity contribution in [2.75, 3.05) is 0 Å². The molecule has 0 saturated heterocycles. The van der Waals surface area contributed by atoms with Crippen LogP contribution in [0.1, 0.15) is 18.1 Å². The van der Waals surface area contributed by atoms with Gasteiger partial charge < -0.3 is 10.8 Å². The van der Waals surface area contributed by atoms with Gasteiger partial charge in [-0.3, -0.25) is 0 Å². The Hall–Kier alpha value is -0.590. The van der Waals surface area contributed by atoms with Gasteiger partial charge in [-0.15, -0.1) is 0 Å². The first-order valence-corrected chi connectivity index (χ1v) is 5.36. The molecule has 0 aliphatic heterocycles. The lowest BCUT2D eigenvalue weighted by molar-refractivity contribution is -0.153. The summed E-state index contributed by atoms with van der Waals surface area (Å²) in [6.07, 6.45) is -6.22. The van der Waals surface area contributed by atoms with Gasteiger partial charge in [-0.25, -0.2) is 0 Å². The Morgan fingerprint density at radius 3 is 2.19 bits per heavy atom. The highest BCUT2D eigenvalue weighted by Crippen LogP contribution is 2.27. The topological polar surface area (TPSA) is 46.2 Å². The van der Waals surface area contributed by atoms with Gasteiger partial charge in [0.15, 0.2) is 0 Å². The fourth-order valence-corrected chi connectivity index (χ4v) is 1.46. The summed E-state index contributed by atoms with van der Waals surface area (Å²) in [6.45, 7) is 0. The SMILES string of the molecule is N[C@@H](C[C@H](O)c1ccc(Br)cc1)C(F)(F)F. The predicted molar refractivity (Wildman–Crippen MR) is 57.7 cm³/mol. The Kier molecular flexibility index (Phi) is 4.35. The summed E-state index contributed by atoms with van der Waals surface area (Å²) in [4.78, 5) is 0. The minimum Gasteiger partial charge on any atom is -0.388 e. The quantitative estimate of drug-likeness (QED) is 0.901. The molecule has 3 N–H and O–H groups in total. The van der Waals surface area contributed by atoms with Gasteiger partial charge in [0.2, 0.25) is 0 Å². The van der Waals surface area contributed by atoms with Crippen LogP contribution in [0.4, 0.5) is 13.2 Å². The predicted octanol–water partition coefficient (Wildman–Crippen LogP) is 2.76. The van der Waals surface area contributed by atoms with Crippen LogP contribution in [0.25, 0.3) is 0 Å². The second-order valence-corrected chi connectivity index (χ2v) is 4.37. The Morgan fingerprint density at radius 1 is 1.25 bits per heavy atom. The molecule has 6 heteroatoms. The molecular weight excluding hydrogens is 287 g/mol. The van der Waals surface area contributed by atoms with Crippen LogP contribution in [0.15, 0.2) is 28.7 Å². The third-order valence-corrected chi connectivity index (χ3v) is 2.68. The zero-order valence-corrected chi connectivity index (χ0v) is 9.79. The standard InChI is InChI=1S/C10H11BrF3NO/c11-7-3-1-6(2-4-7)8(16)5-9(15)10(12,13)14/h1-4,8-9,16H,5,15H2/t8-,9-/m0/s1. The van der Waals surface area contributed by atoms with Crippen molar-refractivity contribution in [1.29, 1.82) is 0 Å². The molecule has 1 rings (SSSR count). The van der Waals surface area contributed by atoms with Crippen LogP contribution < -0.4 is 5.73 Å². The Balaban J connectivity index is 2.65. The molecule has 0 aliphatic carbocycles. The smallest absolute Gasteiger partial charge is 0.388 e. The van der Waals surface area contributed by atoms with Crippen molar-refractivity contribution < 1.29 is 18.3 Å². The number of aliphatic hydroxyl groups excluding tert-OH is 1. The molecule has 1 aromatic rings. The van der Waals surface area contributed by atoms with Gasteiger partial charge in [0.1, 0.15) is 6.04 Å². The summed E-state index contributed by atoms with van der Waals surface area (Å²) in [7, 11) is 0. The fourth-order valence-electron chi connectivity index (χ4n) is 1.20. The molecule has 0 heterocycles. The number of hydrogen-bond acceptors (Lipinski definition) is 2. The number of rotatable bonds is 3. The molecule has 2 atom stereocenters. The van der Waals surface area contributed by atoms with Crippen molar-refractivity contribution in [3.63, 3.8) is 0 Å². The number of benzene rings is 1. The fraction of sp³-hybridized carbons (Fsp3) is 0.400. The highest BCUT2D eigenvalue weighted by atomic mass is 79.9. The van der Waals surface area contributed by atoms with Crippen molar-refractivity contribution in [2.24, 2.45) is 5.73 Å². The van der Waals surface area contributed by atoms with Gasteiger partial charge in [0, 0.05) is 10.9 Å². The summed E-state index contributed by atoms with van der Waals surface area (Å²) in [6, 6.07) is 4.40. The molecule has 0 saturated carbocycles. The van der Waals surface area contributed by atoms with Crippen LogP contribution in [0.2, 0.25) is 0 Å². The average Bonchev–Trinajstić information content (AvgIpc) is 2.17. The van der Waals surface area contributed by atoms with Crippen molar-refractivity contribution in [2.45, 2.75) is 24.7 Å². The molecule has 0 spiro atoms. The van der Waals surface area contributed by atoms with E-state index in [2.05, 4.69) is 15.9 Å². The van der Waals surface area contributed by atoms with Crippen LogP contribution in [0, 0.1) is 0 Å². The lowest BCUT2D eigenvalue weighted by atomic mass is 10.0. The van der Waals surface area contributed by atoms with Crippen LogP contribution in [0.3, 0.4) is 0 Å². The lowest BCUT2D eigenvalue weighted by Crippen LogP contribution is -2.38. The number of hydrogen-bond donors (Lipinski definition) is 2. The van der Waals surface area contributed by atoms with Gasteiger partial charge in [0.25, 0.3) is 0 Å². The molecule has 2 nitrogen and oxygen atoms in total. The summed E-state index contributed by atoms with van der Waals surface area (Å²) in [5.74, 6) is 0. The summed E-state index contributed by atoms with van der Waals surface area (Å²) < 4.78 is 37.2.